The molecule has 1 amide bonds. The summed E-state index contributed by atoms with van der Waals surface area (Å²) in [6, 6.07) is 16.3. The minimum Gasteiger partial charge on any atom is -0.494 e. The standard InChI is InChI=1S/C21H20ClNO4S2/c1-2-27-17-9-5-15(6-10-17)21(24)23-14-20(19-4-3-13-28-19)29(25,26)18-11-7-16(22)8-12-18/h3-13,20H,2,14H2,1H3,(H,23,24). The fourth-order valence-corrected chi connectivity index (χ4v) is 5.69. The first-order chi connectivity index (χ1) is 13.9. The van der Waals surface area contributed by atoms with Crippen LogP contribution in [-0.4, -0.2) is 27.5 Å². The number of hydrogen-bond acceptors (Lipinski definition) is 5. The summed E-state index contributed by atoms with van der Waals surface area (Å²) in [6.45, 7) is 2.38. The highest BCUT2D eigenvalue weighted by Gasteiger charge is 2.30. The zero-order valence-corrected chi connectivity index (χ0v) is 18.1. The van der Waals surface area contributed by atoms with Crippen LogP contribution in [0.4, 0.5) is 0 Å². The van der Waals surface area contributed by atoms with Crippen molar-refractivity contribution in [1.82, 2.24) is 5.32 Å². The fraction of sp³-hybridized carbons (Fsp3) is 0.190. The highest BCUT2D eigenvalue weighted by atomic mass is 35.5. The Kier molecular flexibility index (Phi) is 6.95. The molecule has 0 radical (unpaired) electrons. The van der Waals surface area contributed by atoms with Crippen molar-refractivity contribution in [3.8, 4) is 5.75 Å². The number of sulfone groups is 1. The Labute approximate surface area is 179 Å². The van der Waals surface area contributed by atoms with E-state index in [1.165, 1.54) is 23.5 Å². The molecule has 0 spiro atoms. The number of nitrogens with one attached hydrogen (secondary N) is 1. The first-order valence-electron chi connectivity index (χ1n) is 8.95. The Balaban J connectivity index is 1.80. The second kappa shape index (κ2) is 9.43. The van der Waals surface area contributed by atoms with E-state index in [0.717, 1.165) is 0 Å². The van der Waals surface area contributed by atoms with Crippen molar-refractivity contribution in [3.05, 3.63) is 81.5 Å². The Morgan fingerprint density at radius 2 is 1.79 bits per heavy atom. The number of rotatable bonds is 8. The number of halogens is 1. The molecule has 5 nitrogen and oxygen atoms in total. The van der Waals surface area contributed by atoms with Gasteiger partial charge in [-0.05, 0) is 66.9 Å². The van der Waals surface area contributed by atoms with Crippen LogP contribution in [0.2, 0.25) is 5.02 Å². The third kappa shape index (κ3) is 5.18. The van der Waals surface area contributed by atoms with Crippen molar-refractivity contribution in [3.63, 3.8) is 0 Å². The first kappa shape index (κ1) is 21.4. The van der Waals surface area contributed by atoms with Gasteiger partial charge in [0.2, 0.25) is 0 Å². The van der Waals surface area contributed by atoms with Crippen LogP contribution in [0.5, 0.6) is 5.75 Å². The number of benzene rings is 2. The average Bonchev–Trinajstić information content (AvgIpc) is 3.23. The SMILES string of the molecule is CCOc1ccc(C(=O)NCC(c2cccs2)S(=O)(=O)c2ccc(Cl)cc2)cc1. The van der Waals surface area contributed by atoms with Gasteiger partial charge in [-0.25, -0.2) is 8.42 Å². The van der Waals surface area contributed by atoms with Crippen LogP contribution in [0.25, 0.3) is 0 Å². The van der Waals surface area contributed by atoms with Crippen molar-refractivity contribution in [2.75, 3.05) is 13.2 Å². The van der Waals surface area contributed by atoms with E-state index in [1.807, 2.05) is 12.3 Å². The van der Waals surface area contributed by atoms with Crippen molar-refractivity contribution in [1.29, 1.82) is 0 Å². The molecule has 2 aromatic carbocycles. The number of carbonyl (C=O) groups is 1. The maximum absolute atomic E-state index is 13.2. The van der Waals surface area contributed by atoms with Gasteiger partial charge in [0.1, 0.15) is 11.0 Å². The highest BCUT2D eigenvalue weighted by molar-refractivity contribution is 7.91. The van der Waals surface area contributed by atoms with Crippen molar-refractivity contribution in [2.24, 2.45) is 0 Å². The molecule has 0 aliphatic rings. The molecule has 3 rings (SSSR count). The summed E-state index contributed by atoms with van der Waals surface area (Å²) in [4.78, 5) is 13.4. The average molecular weight is 450 g/mol. The van der Waals surface area contributed by atoms with Gasteiger partial charge in [0.05, 0.1) is 11.5 Å². The molecule has 0 saturated carbocycles. The lowest BCUT2D eigenvalue weighted by atomic mass is 10.2. The van der Waals surface area contributed by atoms with Gasteiger partial charge in [-0.2, -0.15) is 0 Å². The Morgan fingerprint density at radius 3 is 2.38 bits per heavy atom. The molecular weight excluding hydrogens is 430 g/mol. The van der Waals surface area contributed by atoms with Gasteiger partial charge in [0, 0.05) is 22.0 Å². The molecule has 0 aliphatic heterocycles. The second-order valence-electron chi connectivity index (χ2n) is 6.17. The minimum absolute atomic E-state index is 0.0441. The molecule has 1 atom stereocenters. The van der Waals surface area contributed by atoms with E-state index in [2.05, 4.69) is 5.32 Å². The summed E-state index contributed by atoms with van der Waals surface area (Å²) in [6.07, 6.45) is 0. The molecule has 0 bridgehead atoms. The monoisotopic (exact) mass is 449 g/mol. The topological polar surface area (TPSA) is 72.5 Å². The van der Waals surface area contributed by atoms with Crippen LogP contribution in [0.3, 0.4) is 0 Å². The normalized spacial score (nSPS) is 12.3. The first-order valence-corrected chi connectivity index (χ1v) is 11.8. The molecule has 0 saturated heterocycles. The molecule has 1 unspecified atom stereocenters. The molecule has 8 heteroatoms. The molecule has 3 aromatic rings. The summed E-state index contributed by atoms with van der Waals surface area (Å²) >= 11 is 7.22. The lowest BCUT2D eigenvalue weighted by molar-refractivity contribution is 0.0953. The van der Waals surface area contributed by atoms with E-state index in [-0.39, 0.29) is 17.3 Å². The van der Waals surface area contributed by atoms with E-state index in [9.17, 15) is 13.2 Å². The Bertz CT molecular complexity index is 1050. The van der Waals surface area contributed by atoms with E-state index >= 15 is 0 Å². The second-order valence-corrected chi connectivity index (χ2v) is 9.72. The van der Waals surface area contributed by atoms with E-state index in [1.54, 1.807) is 48.5 Å². The van der Waals surface area contributed by atoms with Crippen LogP contribution in [-0.2, 0) is 9.84 Å². The number of ether oxygens (including phenoxy) is 1. The van der Waals surface area contributed by atoms with Crippen molar-refractivity contribution < 1.29 is 17.9 Å². The van der Waals surface area contributed by atoms with E-state index < -0.39 is 15.1 Å². The van der Waals surface area contributed by atoms with Crippen molar-refractivity contribution in [2.45, 2.75) is 17.1 Å². The summed E-state index contributed by atoms with van der Waals surface area (Å²) in [5, 5.41) is 4.13. The highest BCUT2D eigenvalue weighted by Crippen LogP contribution is 2.32. The Hall–Kier alpha value is -2.35. The maximum atomic E-state index is 13.2. The summed E-state index contributed by atoms with van der Waals surface area (Å²) in [7, 11) is -3.72. The molecule has 1 N–H and O–H groups in total. The van der Waals surface area contributed by atoms with E-state index in [0.29, 0.717) is 27.8 Å². The molecule has 0 fully saturated rings. The third-order valence-electron chi connectivity index (χ3n) is 4.25. The lowest BCUT2D eigenvalue weighted by Crippen LogP contribution is -2.31. The van der Waals surface area contributed by atoms with Crippen LogP contribution in [0.15, 0.2) is 70.9 Å². The van der Waals surface area contributed by atoms with Gasteiger partial charge >= 0.3 is 0 Å². The molecule has 1 heterocycles. The summed E-state index contributed by atoms with van der Waals surface area (Å²) in [5.41, 5.74) is 0.433. The molecular formula is C21H20ClNO4S2. The van der Waals surface area contributed by atoms with Gasteiger partial charge < -0.3 is 10.1 Å². The number of thiophene rings is 1. The summed E-state index contributed by atoms with van der Waals surface area (Å²) in [5.74, 6) is 0.326. The van der Waals surface area contributed by atoms with Crippen LogP contribution in [0.1, 0.15) is 27.4 Å². The van der Waals surface area contributed by atoms with Gasteiger partial charge in [0.15, 0.2) is 9.84 Å². The minimum atomic E-state index is -3.72. The third-order valence-corrected chi connectivity index (χ3v) is 7.74. The quantitative estimate of drug-likeness (QED) is 0.538. The molecule has 0 aliphatic carbocycles. The fourth-order valence-electron chi connectivity index (χ4n) is 2.78. The van der Waals surface area contributed by atoms with Gasteiger partial charge in [-0.15, -0.1) is 11.3 Å². The maximum Gasteiger partial charge on any atom is 0.251 e. The number of hydrogen-bond donors (Lipinski definition) is 1. The number of amides is 1. The van der Waals surface area contributed by atoms with Gasteiger partial charge in [0.25, 0.3) is 5.91 Å². The van der Waals surface area contributed by atoms with Crippen LogP contribution in [0, 0.1) is 0 Å². The molecule has 1 aromatic heterocycles. The van der Waals surface area contributed by atoms with Crippen LogP contribution >= 0.6 is 22.9 Å². The predicted octanol–water partition coefficient (Wildman–Crippen LogP) is 4.75. The molecule has 152 valence electrons. The van der Waals surface area contributed by atoms with Gasteiger partial charge in [-0.1, -0.05) is 17.7 Å². The van der Waals surface area contributed by atoms with Crippen LogP contribution < -0.4 is 10.1 Å². The Morgan fingerprint density at radius 1 is 1.10 bits per heavy atom. The zero-order valence-electron chi connectivity index (χ0n) is 15.7. The molecule has 29 heavy (non-hydrogen) atoms. The lowest BCUT2D eigenvalue weighted by Gasteiger charge is -2.17. The smallest absolute Gasteiger partial charge is 0.251 e. The van der Waals surface area contributed by atoms with Crippen molar-refractivity contribution >= 4 is 38.7 Å². The number of carbonyl (C=O) groups excluding carboxylic acids is 1. The van der Waals surface area contributed by atoms with Gasteiger partial charge in [-0.3, -0.25) is 4.79 Å². The summed E-state index contributed by atoms with van der Waals surface area (Å²) < 4.78 is 31.8. The predicted molar refractivity (Wildman–Crippen MR) is 116 cm³/mol. The van der Waals surface area contributed by atoms with E-state index in [4.69, 9.17) is 16.3 Å². The zero-order chi connectivity index (χ0) is 20.9. The largest absolute Gasteiger partial charge is 0.494 e.